The van der Waals surface area contributed by atoms with Crippen molar-refractivity contribution in [3.05, 3.63) is 65.2 Å². The van der Waals surface area contributed by atoms with E-state index in [1.165, 1.54) is 11.3 Å². The zero-order valence-corrected chi connectivity index (χ0v) is 20.0. The zero-order valence-electron chi connectivity index (χ0n) is 19.2. The van der Waals surface area contributed by atoms with E-state index in [4.69, 9.17) is 18.9 Å². The molecule has 4 rings (SSSR count). The third kappa shape index (κ3) is 7.44. The van der Waals surface area contributed by atoms with Gasteiger partial charge in [-0.2, -0.15) is 0 Å². The maximum atomic E-state index is 12.6. The van der Waals surface area contributed by atoms with Gasteiger partial charge in [-0.1, -0.05) is 30.3 Å². The average molecular weight is 483 g/mol. The molecule has 34 heavy (non-hydrogen) atoms. The molecule has 0 atom stereocenters. The number of rotatable bonds is 4. The van der Waals surface area contributed by atoms with Crippen LogP contribution in [0.4, 0.5) is 5.69 Å². The highest BCUT2D eigenvalue weighted by Gasteiger charge is 2.10. The van der Waals surface area contributed by atoms with Crippen molar-refractivity contribution in [1.29, 1.82) is 0 Å². The summed E-state index contributed by atoms with van der Waals surface area (Å²) in [6.45, 7) is 6.14. The number of allylic oxidation sites excluding steroid dienone is 1. The molecular weight excluding hydrogens is 452 g/mol. The number of thiazole rings is 1. The zero-order chi connectivity index (χ0) is 23.4. The molecule has 1 aromatic heterocycles. The van der Waals surface area contributed by atoms with Crippen molar-refractivity contribution in [2.24, 2.45) is 0 Å². The van der Waals surface area contributed by atoms with Crippen molar-refractivity contribution in [3.63, 3.8) is 0 Å². The Morgan fingerprint density at radius 1 is 0.794 bits per heavy atom. The summed E-state index contributed by atoms with van der Waals surface area (Å²) in [5.74, 6) is -0.0851. The molecule has 0 saturated carbocycles. The van der Waals surface area contributed by atoms with Crippen LogP contribution in [0.2, 0.25) is 0 Å². The minimum Gasteiger partial charge on any atom is -0.377 e. The van der Waals surface area contributed by atoms with Crippen LogP contribution in [0.1, 0.15) is 15.4 Å². The fourth-order valence-corrected chi connectivity index (χ4v) is 4.38. The second-order valence-electron chi connectivity index (χ2n) is 7.71. The summed E-state index contributed by atoms with van der Waals surface area (Å²) in [5.41, 5.74) is 2.89. The summed E-state index contributed by atoms with van der Waals surface area (Å²) in [7, 11) is 0. The second kappa shape index (κ2) is 13.3. The van der Waals surface area contributed by atoms with Crippen molar-refractivity contribution in [3.8, 4) is 0 Å². The number of benzene rings is 2. The number of hydrogen-bond donors (Lipinski definition) is 0. The molecular formula is C26H30N2O5S. The lowest BCUT2D eigenvalue weighted by Gasteiger charge is -2.25. The molecule has 180 valence electrons. The third-order valence-electron chi connectivity index (χ3n) is 5.32. The van der Waals surface area contributed by atoms with Gasteiger partial charge in [-0.25, -0.2) is 4.98 Å². The van der Waals surface area contributed by atoms with Crippen molar-refractivity contribution in [1.82, 2.24) is 4.98 Å². The molecule has 2 heterocycles. The molecule has 1 aliphatic heterocycles. The SMILES string of the molecule is O=C(/C=C/c1ccc(N2CCOCCOCCOCCOCC2)cc1)c1nc2ccccc2s1. The van der Waals surface area contributed by atoms with Gasteiger partial charge in [0.1, 0.15) is 0 Å². The average Bonchev–Trinajstić information content (AvgIpc) is 3.30. The number of hydrogen-bond acceptors (Lipinski definition) is 8. The van der Waals surface area contributed by atoms with Gasteiger partial charge in [-0.3, -0.25) is 4.79 Å². The Bertz CT molecular complexity index is 1020. The van der Waals surface area contributed by atoms with E-state index in [1.807, 2.05) is 42.5 Å². The van der Waals surface area contributed by atoms with Gasteiger partial charge >= 0.3 is 0 Å². The Morgan fingerprint density at radius 2 is 1.38 bits per heavy atom. The molecule has 8 heteroatoms. The first kappa shape index (κ1) is 24.5. The van der Waals surface area contributed by atoms with Gasteiger partial charge in [-0.05, 0) is 35.9 Å². The Labute approximate surface area is 203 Å². The van der Waals surface area contributed by atoms with Gasteiger partial charge in [-0.15, -0.1) is 11.3 Å². The Kier molecular flexibility index (Phi) is 9.60. The molecule has 0 spiro atoms. The minimum atomic E-state index is -0.0851. The fourth-order valence-electron chi connectivity index (χ4n) is 3.50. The highest BCUT2D eigenvalue weighted by Crippen LogP contribution is 2.22. The van der Waals surface area contributed by atoms with E-state index in [1.54, 1.807) is 6.08 Å². The largest absolute Gasteiger partial charge is 0.377 e. The van der Waals surface area contributed by atoms with Crippen molar-refractivity contribution in [2.75, 3.05) is 70.8 Å². The lowest BCUT2D eigenvalue weighted by molar-refractivity contribution is 0.00206. The van der Waals surface area contributed by atoms with Crippen LogP contribution in [-0.2, 0) is 18.9 Å². The predicted molar refractivity (Wildman–Crippen MR) is 135 cm³/mol. The number of ketones is 1. The van der Waals surface area contributed by atoms with Gasteiger partial charge in [0, 0.05) is 18.8 Å². The first-order valence-corrected chi connectivity index (χ1v) is 12.4. The summed E-state index contributed by atoms with van der Waals surface area (Å²) in [6, 6.07) is 15.9. The lowest BCUT2D eigenvalue weighted by atomic mass is 10.1. The number of fused-ring (bicyclic) bond motifs is 1. The first-order valence-electron chi connectivity index (χ1n) is 11.5. The maximum Gasteiger partial charge on any atom is 0.214 e. The van der Waals surface area contributed by atoms with Crippen LogP contribution in [0.3, 0.4) is 0 Å². The molecule has 3 aromatic rings. The number of carbonyl (C=O) groups excluding carboxylic acids is 1. The summed E-state index contributed by atoms with van der Waals surface area (Å²) >= 11 is 1.42. The molecule has 0 aliphatic carbocycles. The molecule has 2 aromatic carbocycles. The number of ether oxygens (including phenoxy) is 4. The van der Waals surface area contributed by atoms with Crippen LogP contribution < -0.4 is 4.90 Å². The second-order valence-corrected chi connectivity index (χ2v) is 8.74. The molecule has 7 nitrogen and oxygen atoms in total. The molecule has 1 aliphatic rings. The van der Waals surface area contributed by atoms with E-state index in [0.717, 1.165) is 34.6 Å². The molecule has 0 unspecified atom stereocenters. The highest BCUT2D eigenvalue weighted by molar-refractivity contribution is 7.20. The fraction of sp³-hybridized carbons (Fsp3) is 0.385. The van der Waals surface area contributed by atoms with E-state index in [2.05, 4.69) is 22.0 Å². The van der Waals surface area contributed by atoms with Crippen molar-refractivity contribution < 1.29 is 23.7 Å². The standard InChI is InChI=1S/C26H30N2O5S/c29-24(26-27-23-3-1-2-4-25(23)34-26)10-7-21-5-8-22(9-6-21)28-11-13-30-15-17-32-19-20-33-18-16-31-14-12-28/h1-10H,11-20H2/b10-7+. The Morgan fingerprint density at radius 3 is 2.00 bits per heavy atom. The van der Waals surface area contributed by atoms with E-state index < -0.39 is 0 Å². The van der Waals surface area contributed by atoms with E-state index in [9.17, 15) is 4.79 Å². The van der Waals surface area contributed by atoms with Gasteiger partial charge in [0.05, 0.1) is 63.1 Å². The van der Waals surface area contributed by atoms with Crippen LogP contribution >= 0.6 is 11.3 Å². The van der Waals surface area contributed by atoms with Gasteiger partial charge < -0.3 is 23.8 Å². The van der Waals surface area contributed by atoms with Crippen LogP contribution in [0.15, 0.2) is 54.6 Å². The summed E-state index contributed by atoms with van der Waals surface area (Å²) in [6.07, 6.45) is 3.42. The van der Waals surface area contributed by atoms with E-state index in [0.29, 0.717) is 57.9 Å². The quantitative estimate of drug-likeness (QED) is 0.410. The number of carbonyl (C=O) groups is 1. The first-order chi connectivity index (χ1) is 16.8. The summed E-state index contributed by atoms with van der Waals surface area (Å²) in [4.78, 5) is 19.2. The minimum absolute atomic E-state index is 0.0851. The van der Waals surface area contributed by atoms with Crippen molar-refractivity contribution >= 4 is 39.1 Å². The number of anilines is 1. The Hall–Kier alpha value is -2.62. The maximum absolute atomic E-state index is 12.6. The van der Waals surface area contributed by atoms with Crippen LogP contribution in [-0.4, -0.2) is 76.7 Å². The topological polar surface area (TPSA) is 70.1 Å². The molecule has 1 saturated heterocycles. The number of para-hydroxylation sites is 1. The normalized spacial score (nSPS) is 17.5. The highest BCUT2D eigenvalue weighted by atomic mass is 32.1. The van der Waals surface area contributed by atoms with Crippen LogP contribution in [0.5, 0.6) is 0 Å². The summed E-state index contributed by atoms with van der Waals surface area (Å²) in [5, 5.41) is 0.506. The predicted octanol–water partition coefficient (Wildman–Crippen LogP) is 4.08. The third-order valence-corrected chi connectivity index (χ3v) is 6.37. The molecule has 1 fully saturated rings. The number of aromatic nitrogens is 1. The van der Waals surface area contributed by atoms with E-state index in [-0.39, 0.29) is 5.78 Å². The monoisotopic (exact) mass is 482 g/mol. The molecule has 0 N–H and O–H groups in total. The molecule has 0 amide bonds. The van der Waals surface area contributed by atoms with Crippen LogP contribution in [0.25, 0.3) is 16.3 Å². The van der Waals surface area contributed by atoms with E-state index >= 15 is 0 Å². The molecule has 0 radical (unpaired) electrons. The molecule has 0 bridgehead atoms. The summed E-state index contributed by atoms with van der Waals surface area (Å²) < 4.78 is 23.4. The van der Waals surface area contributed by atoms with Gasteiger partial charge in [0.15, 0.2) is 5.01 Å². The lowest BCUT2D eigenvalue weighted by Crippen LogP contribution is -2.31. The smallest absolute Gasteiger partial charge is 0.214 e. The van der Waals surface area contributed by atoms with Crippen molar-refractivity contribution in [2.45, 2.75) is 0 Å². The van der Waals surface area contributed by atoms with Crippen LogP contribution in [0, 0.1) is 0 Å². The van der Waals surface area contributed by atoms with Gasteiger partial charge in [0.25, 0.3) is 0 Å². The number of nitrogens with zero attached hydrogens (tertiary/aromatic N) is 2. The van der Waals surface area contributed by atoms with Gasteiger partial charge in [0.2, 0.25) is 5.78 Å². The Balaban J connectivity index is 1.35.